The summed E-state index contributed by atoms with van der Waals surface area (Å²) in [5.41, 5.74) is 1.69. The van der Waals surface area contributed by atoms with Crippen LogP contribution in [0.2, 0.25) is 0 Å². The molecule has 1 aliphatic rings. The number of nitrogens with two attached hydrogens (primary N) is 1. The van der Waals surface area contributed by atoms with Crippen molar-refractivity contribution in [3.63, 3.8) is 0 Å². The monoisotopic (exact) mass is 292 g/mol. The van der Waals surface area contributed by atoms with Crippen LogP contribution in [0, 0.1) is 6.92 Å². The first-order chi connectivity index (χ1) is 10.1. The van der Waals surface area contributed by atoms with E-state index in [-0.39, 0.29) is 0 Å². The first kappa shape index (κ1) is 15.5. The maximum atomic E-state index is 11.8. The molecule has 1 saturated heterocycles. The predicted molar refractivity (Wildman–Crippen MR) is 80.0 cm³/mol. The van der Waals surface area contributed by atoms with Crippen LogP contribution in [0.1, 0.15) is 5.56 Å². The highest BCUT2D eigenvalue weighted by Crippen LogP contribution is 2.08. The predicted octanol–water partition coefficient (Wildman–Crippen LogP) is -2.49. The van der Waals surface area contributed by atoms with Gasteiger partial charge in [0.2, 0.25) is 0 Å². The highest BCUT2D eigenvalue weighted by Gasteiger charge is 2.17. The number of amides is 2. The maximum absolute atomic E-state index is 11.8. The van der Waals surface area contributed by atoms with E-state index >= 15 is 0 Å². The minimum atomic E-state index is -0.609. The first-order valence-electron chi connectivity index (χ1n) is 7.46. The number of carbonyl (C=O) groups is 2. The van der Waals surface area contributed by atoms with Crippen molar-refractivity contribution in [1.82, 2.24) is 5.32 Å². The summed E-state index contributed by atoms with van der Waals surface area (Å²) in [6.45, 7) is 7.85. The van der Waals surface area contributed by atoms with Gasteiger partial charge in [-0.05, 0) is 24.6 Å². The standard InChI is InChI=1S/C15H22N4O2/c1-12-3-2-4-13(11-12)18-15(21)14(20)17-7-10-19-8-5-16-6-9-19/h2-4,11,16H,5-10H2,1H3,(H,17,20)(H,18,21)/p+2. The SMILES string of the molecule is Cc1cccc(NC(=O)C(=O)NCC[NH+]2CC[NH2+]CC2)c1. The topological polar surface area (TPSA) is 79.2 Å². The van der Waals surface area contributed by atoms with Crippen LogP contribution in [0.25, 0.3) is 0 Å². The molecule has 0 aromatic heterocycles. The van der Waals surface area contributed by atoms with E-state index in [2.05, 4.69) is 16.0 Å². The second kappa shape index (κ2) is 7.75. The summed E-state index contributed by atoms with van der Waals surface area (Å²) in [6.07, 6.45) is 0. The third kappa shape index (κ3) is 5.17. The van der Waals surface area contributed by atoms with E-state index in [4.69, 9.17) is 0 Å². The molecule has 0 spiro atoms. The zero-order valence-electron chi connectivity index (χ0n) is 12.4. The molecule has 0 radical (unpaired) electrons. The van der Waals surface area contributed by atoms with E-state index in [9.17, 15) is 9.59 Å². The second-order valence-corrected chi connectivity index (χ2v) is 5.45. The van der Waals surface area contributed by atoms with Gasteiger partial charge in [0.05, 0.1) is 13.1 Å². The molecule has 2 amide bonds. The van der Waals surface area contributed by atoms with Gasteiger partial charge in [0.15, 0.2) is 0 Å². The third-order valence-corrected chi connectivity index (χ3v) is 3.65. The van der Waals surface area contributed by atoms with Crippen LogP contribution < -0.4 is 20.9 Å². The lowest BCUT2D eigenvalue weighted by Gasteiger charge is -2.22. The summed E-state index contributed by atoms with van der Waals surface area (Å²) in [7, 11) is 0. The van der Waals surface area contributed by atoms with Crippen molar-refractivity contribution in [2.45, 2.75) is 6.92 Å². The molecule has 0 saturated carbocycles. The lowest BCUT2D eigenvalue weighted by Crippen LogP contribution is -3.21. The molecule has 1 heterocycles. The molecule has 6 heteroatoms. The fourth-order valence-electron chi connectivity index (χ4n) is 2.48. The van der Waals surface area contributed by atoms with Crippen LogP contribution in [-0.4, -0.2) is 51.1 Å². The normalized spacial score (nSPS) is 15.5. The van der Waals surface area contributed by atoms with Crippen LogP contribution in [0.15, 0.2) is 24.3 Å². The highest BCUT2D eigenvalue weighted by molar-refractivity contribution is 6.39. The Labute approximate surface area is 124 Å². The van der Waals surface area contributed by atoms with Crippen molar-refractivity contribution >= 4 is 17.5 Å². The highest BCUT2D eigenvalue weighted by atomic mass is 16.2. The minimum Gasteiger partial charge on any atom is -0.342 e. The Morgan fingerprint density at radius 3 is 2.71 bits per heavy atom. The Hall–Kier alpha value is -1.92. The zero-order chi connectivity index (χ0) is 15.1. The van der Waals surface area contributed by atoms with Gasteiger partial charge in [-0.1, -0.05) is 12.1 Å². The molecule has 6 nitrogen and oxygen atoms in total. The van der Waals surface area contributed by atoms with Crippen molar-refractivity contribution in [1.29, 1.82) is 0 Å². The van der Waals surface area contributed by atoms with E-state index in [1.807, 2.05) is 25.1 Å². The van der Waals surface area contributed by atoms with Gasteiger partial charge in [-0.3, -0.25) is 9.59 Å². The largest absolute Gasteiger partial charge is 0.342 e. The van der Waals surface area contributed by atoms with Gasteiger partial charge in [-0.2, -0.15) is 0 Å². The second-order valence-electron chi connectivity index (χ2n) is 5.45. The number of aryl methyl sites for hydroxylation is 1. The molecule has 0 bridgehead atoms. The molecular weight excluding hydrogens is 268 g/mol. The van der Waals surface area contributed by atoms with Crippen LogP contribution >= 0.6 is 0 Å². The molecular formula is C15H24N4O2+2. The number of benzene rings is 1. The Balaban J connectivity index is 1.71. The summed E-state index contributed by atoms with van der Waals surface area (Å²) < 4.78 is 0. The van der Waals surface area contributed by atoms with Gasteiger partial charge in [0, 0.05) is 5.69 Å². The number of hydrogen-bond acceptors (Lipinski definition) is 2. The van der Waals surface area contributed by atoms with Crippen molar-refractivity contribution in [2.75, 3.05) is 44.6 Å². The maximum Gasteiger partial charge on any atom is 0.313 e. The number of anilines is 1. The molecule has 1 aromatic carbocycles. The van der Waals surface area contributed by atoms with Crippen molar-refractivity contribution in [3.05, 3.63) is 29.8 Å². The summed E-state index contributed by atoms with van der Waals surface area (Å²) in [5, 5.41) is 7.59. The number of quaternary nitrogens is 2. The molecule has 1 aromatic rings. The van der Waals surface area contributed by atoms with E-state index in [0.717, 1.165) is 38.3 Å². The number of carbonyl (C=O) groups excluding carboxylic acids is 2. The number of hydrogen-bond donors (Lipinski definition) is 4. The van der Waals surface area contributed by atoms with E-state index in [0.29, 0.717) is 12.2 Å². The van der Waals surface area contributed by atoms with Crippen LogP contribution in [0.5, 0.6) is 0 Å². The molecule has 21 heavy (non-hydrogen) atoms. The van der Waals surface area contributed by atoms with Crippen molar-refractivity contribution in [2.24, 2.45) is 0 Å². The fraction of sp³-hybridized carbons (Fsp3) is 0.467. The summed E-state index contributed by atoms with van der Waals surface area (Å²) >= 11 is 0. The van der Waals surface area contributed by atoms with Gasteiger partial charge in [-0.25, -0.2) is 0 Å². The van der Waals surface area contributed by atoms with E-state index in [1.165, 1.54) is 4.90 Å². The summed E-state index contributed by atoms with van der Waals surface area (Å²) in [4.78, 5) is 25.0. The van der Waals surface area contributed by atoms with E-state index < -0.39 is 11.8 Å². The van der Waals surface area contributed by atoms with Crippen LogP contribution in [-0.2, 0) is 9.59 Å². The molecule has 114 valence electrons. The minimum absolute atomic E-state index is 0.537. The Morgan fingerprint density at radius 1 is 1.24 bits per heavy atom. The van der Waals surface area contributed by atoms with Gasteiger partial charge >= 0.3 is 11.8 Å². The molecule has 2 rings (SSSR count). The lowest BCUT2D eigenvalue weighted by atomic mass is 10.2. The van der Waals surface area contributed by atoms with Gasteiger partial charge in [0.1, 0.15) is 26.2 Å². The van der Waals surface area contributed by atoms with Crippen LogP contribution in [0.3, 0.4) is 0 Å². The van der Waals surface area contributed by atoms with Gasteiger partial charge in [-0.15, -0.1) is 0 Å². The average Bonchev–Trinajstić information content (AvgIpc) is 2.48. The first-order valence-corrected chi connectivity index (χ1v) is 7.46. The zero-order valence-corrected chi connectivity index (χ0v) is 12.4. The van der Waals surface area contributed by atoms with Crippen molar-refractivity contribution in [3.8, 4) is 0 Å². The Bertz CT molecular complexity index is 498. The molecule has 1 aliphatic heterocycles. The number of rotatable bonds is 4. The molecule has 1 fully saturated rings. The molecule has 0 atom stereocenters. The van der Waals surface area contributed by atoms with Gasteiger partial charge in [0.25, 0.3) is 0 Å². The Kier molecular flexibility index (Phi) is 5.71. The number of nitrogens with one attached hydrogen (secondary N) is 3. The lowest BCUT2D eigenvalue weighted by molar-refractivity contribution is -0.945. The quantitative estimate of drug-likeness (QED) is 0.463. The van der Waals surface area contributed by atoms with Gasteiger partial charge < -0.3 is 20.9 Å². The summed E-state index contributed by atoms with van der Waals surface area (Å²) in [6, 6.07) is 7.39. The average molecular weight is 292 g/mol. The Morgan fingerprint density at radius 2 is 2.00 bits per heavy atom. The molecule has 0 aliphatic carbocycles. The fourth-order valence-corrected chi connectivity index (χ4v) is 2.48. The van der Waals surface area contributed by atoms with E-state index in [1.54, 1.807) is 6.07 Å². The van der Waals surface area contributed by atoms with Crippen LogP contribution in [0.4, 0.5) is 5.69 Å². The smallest absolute Gasteiger partial charge is 0.313 e. The molecule has 0 unspecified atom stereocenters. The molecule has 5 N–H and O–H groups in total. The number of piperazine rings is 1. The van der Waals surface area contributed by atoms with Crippen molar-refractivity contribution < 1.29 is 19.8 Å². The summed E-state index contributed by atoms with van der Waals surface area (Å²) in [5.74, 6) is -1.18. The third-order valence-electron chi connectivity index (χ3n) is 3.65.